The highest BCUT2D eigenvalue weighted by atomic mass is 79.9. The van der Waals surface area contributed by atoms with Crippen LogP contribution in [0.1, 0.15) is 27.6 Å². The van der Waals surface area contributed by atoms with Crippen molar-refractivity contribution in [1.82, 2.24) is 15.2 Å². The molecule has 2 rings (SSSR count). The second-order valence-corrected chi connectivity index (χ2v) is 4.64. The van der Waals surface area contributed by atoms with Gasteiger partial charge >= 0.3 is 5.97 Å². The van der Waals surface area contributed by atoms with E-state index < -0.39 is 5.97 Å². The van der Waals surface area contributed by atoms with E-state index in [-0.39, 0.29) is 6.61 Å². The fourth-order valence-corrected chi connectivity index (χ4v) is 1.89. The van der Waals surface area contributed by atoms with Crippen LogP contribution in [-0.2, 0) is 11.3 Å². The first-order valence-corrected chi connectivity index (χ1v) is 6.17. The monoisotopic (exact) mass is 309 g/mol. The maximum absolute atomic E-state index is 11.9. The molecule has 1 aromatic heterocycles. The summed E-state index contributed by atoms with van der Waals surface area (Å²) in [4.78, 5) is 15.9. The van der Waals surface area contributed by atoms with Crippen LogP contribution in [0.25, 0.3) is 0 Å². The first kappa shape index (κ1) is 12.8. The maximum Gasteiger partial charge on any atom is 0.339 e. The van der Waals surface area contributed by atoms with Crippen LogP contribution in [0.15, 0.2) is 22.7 Å². The summed E-state index contributed by atoms with van der Waals surface area (Å²) < 4.78 is 5.90. The highest BCUT2D eigenvalue weighted by molar-refractivity contribution is 9.10. The molecule has 0 saturated heterocycles. The Balaban J connectivity index is 2.06. The highest BCUT2D eigenvalue weighted by Gasteiger charge is 2.13. The topological polar surface area (TPSA) is 67.9 Å². The second-order valence-electron chi connectivity index (χ2n) is 3.85. The third kappa shape index (κ3) is 2.76. The van der Waals surface area contributed by atoms with Gasteiger partial charge in [-0.2, -0.15) is 5.10 Å². The largest absolute Gasteiger partial charge is 0.454 e. The number of hydrogen-bond acceptors (Lipinski definition) is 4. The summed E-state index contributed by atoms with van der Waals surface area (Å²) in [6, 6.07) is 5.44. The summed E-state index contributed by atoms with van der Waals surface area (Å²) in [5.74, 6) is 0.760. The molecule has 1 N–H and O–H groups in total. The van der Waals surface area contributed by atoms with Gasteiger partial charge in [-0.15, -0.1) is 0 Å². The Morgan fingerprint density at radius 3 is 2.89 bits per heavy atom. The van der Waals surface area contributed by atoms with Crippen molar-refractivity contribution in [1.29, 1.82) is 0 Å². The average Bonchev–Trinajstić information content (AvgIpc) is 2.76. The van der Waals surface area contributed by atoms with Gasteiger partial charge in [-0.05, 0) is 41.4 Å². The van der Waals surface area contributed by atoms with Gasteiger partial charge in [-0.25, -0.2) is 9.78 Å². The lowest BCUT2D eigenvalue weighted by molar-refractivity contribution is 0.0461. The highest BCUT2D eigenvalue weighted by Crippen LogP contribution is 2.21. The lowest BCUT2D eigenvalue weighted by Crippen LogP contribution is -2.07. The Labute approximate surface area is 113 Å². The Bertz CT molecular complexity index is 580. The normalized spacial score (nSPS) is 10.4. The van der Waals surface area contributed by atoms with Gasteiger partial charge in [0.2, 0.25) is 0 Å². The molecule has 5 nitrogen and oxygen atoms in total. The van der Waals surface area contributed by atoms with E-state index in [9.17, 15) is 4.79 Å². The molecular formula is C12H12BrN3O2. The molecule has 0 radical (unpaired) electrons. The summed E-state index contributed by atoms with van der Waals surface area (Å²) >= 11 is 3.37. The molecule has 18 heavy (non-hydrogen) atoms. The first-order valence-electron chi connectivity index (χ1n) is 5.38. The number of H-pyrrole nitrogens is 1. The fourth-order valence-electron chi connectivity index (χ4n) is 1.47. The minimum atomic E-state index is -0.395. The molecule has 0 spiro atoms. The van der Waals surface area contributed by atoms with E-state index in [4.69, 9.17) is 4.74 Å². The molecule has 94 valence electrons. The van der Waals surface area contributed by atoms with Gasteiger partial charge in [-0.3, -0.25) is 5.10 Å². The van der Waals surface area contributed by atoms with Crippen LogP contribution >= 0.6 is 15.9 Å². The molecule has 0 aliphatic carbocycles. The summed E-state index contributed by atoms with van der Waals surface area (Å²) in [7, 11) is 0. The standard InChI is InChI=1S/C12H12BrN3O2/c1-7-4-3-5-9(11(7)13)12(17)18-6-10-14-8(2)15-16-10/h3-5H,6H2,1-2H3,(H,14,15,16). The Morgan fingerprint density at radius 1 is 1.44 bits per heavy atom. The zero-order valence-corrected chi connectivity index (χ0v) is 11.6. The van der Waals surface area contributed by atoms with E-state index in [0.29, 0.717) is 17.2 Å². The quantitative estimate of drug-likeness (QED) is 0.885. The van der Waals surface area contributed by atoms with Crippen molar-refractivity contribution < 1.29 is 9.53 Å². The number of aryl methyl sites for hydroxylation is 2. The molecule has 1 heterocycles. The van der Waals surface area contributed by atoms with E-state index in [0.717, 1.165) is 10.0 Å². The van der Waals surface area contributed by atoms with E-state index in [1.54, 1.807) is 13.0 Å². The molecule has 0 aliphatic rings. The number of nitrogens with zero attached hydrogens (tertiary/aromatic N) is 2. The number of esters is 1. The van der Waals surface area contributed by atoms with Crippen LogP contribution < -0.4 is 0 Å². The van der Waals surface area contributed by atoms with Crippen LogP contribution in [-0.4, -0.2) is 21.2 Å². The number of carbonyl (C=O) groups is 1. The Morgan fingerprint density at radius 2 is 2.22 bits per heavy atom. The molecule has 0 fully saturated rings. The van der Waals surface area contributed by atoms with Gasteiger partial charge in [0.1, 0.15) is 5.82 Å². The number of halogens is 1. The fraction of sp³-hybridized carbons (Fsp3) is 0.250. The lowest BCUT2D eigenvalue weighted by atomic mass is 10.1. The molecule has 0 aliphatic heterocycles. The smallest absolute Gasteiger partial charge is 0.339 e. The molecule has 0 unspecified atom stereocenters. The second kappa shape index (κ2) is 5.30. The third-order valence-corrected chi connectivity index (χ3v) is 3.44. The third-order valence-electron chi connectivity index (χ3n) is 2.39. The van der Waals surface area contributed by atoms with Crippen molar-refractivity contribution >= 4 is 21.9 Å². The van der Waals surface area contributed by atoms with Crippen molar-refractivity contribution in [3.63, 3.8) is 0 Å². The first-order chi connectivity index (χ1) is 8.58. The van der Waals surface area contributed by atoms with Gasteiger partial charge < -0.3 is 4.74 Å². The number of carbonyl (C=O) groups excluding carboxylic acids is 1. The molecule has 2 aromatic rings. The number of aromatic amines is 1. The molecule has 0 amide bonds. The van der Waals surface area contributed by atoms with Gasteiger partial charge in [0.15, 0.2) is 12.4 Å². The van der Waals surface area contributed by atoms with E-state index in [1.165, 1.54) is 0 Å². The van der Waals surface area contributed by atoms with Crippen molar-refractivity contribution in [2.45, 2.75) is 20.5 Å². The Hall–Kier alpha value is -1.69. The van der Waals surface area contributed by atoms with Gasteiger partial charge in [0.25, 0.3) is 0 Å². The molecule has 6 heteroatoms. The molecule has 1 aromatic carbocycles. The van der Waals surface area contributed by atoms with E-state index in [1.807, 2.05) is 19.1 Å². The number of ether oxygens (including phenoxy) is 1. The number of hydrogen-bond donors (Lipinski definition) is 1. The SMILES string of the molecule is Cc1nc(COC(=O)c2cccc(C)c2Br)n[nH]1. The van der Waals surface area contributed by atoms with Crippen LogP contribution in [0.4, 0.5) is 0 Å². The minimum Gasteiger partial charge on any atom is -0.454 e. The van der Waals surface area contributed by atoms with Crippen molar-refractivity contribution in [2.75, 3.05) is 0 Å². The van der Waals surface area contributed by atoms with Crippen molar-refractivity contribution in [3.05, 3.63) is 45.4 Å². The maximum atomic E-state index is 11.9. The van der Waals surface area contributed by atoms with Crippen LogP contribution in [0.3, 0.4) is 0 Å². The predicted molar refractivity (Wildman–Crippen MR) is 69.1 cm³/mol. The minimum absolute atomic E-state index is 0.0591. The molecule has 0 saturated carbocycles. The van der Waals surface area contributed by atoms with E-state index in [2.05, 4.69) is 31.1 Å². The molecule has 0 atom stereocenters. The zero-order chi connectivity index (χ0) is 13.1. The number of rotatable bonds is 3. The average molecular weight is 310 g/mol. The summed E-state index contributed by atoms with van der Waals surface area (Å²) in [5, 5.41) is 6.59. The predicted octanol–water partition coefficient (Wildman–Crippen LogP) is 2.54. The summed E-state index contributed by atoms with van der Waals surface area (Å²) in [6.45, 7) is 3.76. The number of benzene rings is 1. The van der Waals surface area contributed by atoms with Crippen LogP contribution in [0, 0.1) is 13.8 Å². The van der Waals surface area contributed by atoms with E-state index >= 15 is 0 Å². The summed E-state index contributed by atoms with van der Waals surface area (Å²) in [6.07, 6.45) is 0. The number of aromatic nitrogens is 3. The van der Waals surface area contributed by atoms with Crippen molar-refractivity contribution in [2.24, 2.45) is 0 Å². The van der Waals surface area contributed by atoms with Gasteiger partial charge in [0, 0.05) is 4.47 Å². The van der Waals surface area contributed by atoms with Crippen LogP contribution in [0.2, 0.25) is 0 Å². The van der Waals surface area contributed by atoms with Crippen molar-refractivity contribution in [3.8, 4) is 0 Å². The van der Waals surface area contributed by atoms with Gasteiger partial charge in [0.05, 0.1) is 5.56 Å². The Kier molecular flexibility index (Phi) is 3.76. The molecular weight excluding hydrogens is 298 g/mol. The lowest BCUT2D eigenvalue weighted by Gasteiger charge is -2.06. The summed E-state index contributed by atoms with van der Waals surface area (Å²) in [5.41, 5.74) is 1.49. The van der Waals surface area contributed by atoms with Gasteiger partial charge in [-0.1, -0.05) is 12.1 Å². The molecule has 0 bridgehead atoms. The number of nitrogens with one attached hydrogen (secondary N) is 1. The van der Waals surface area contributed by atoms with Crippen LogP contribution in [0.5, 0.6) is 0 Å². The zero-order valence-electron chi connectivity index (χ0n) is 10.0.